The highest BCUT2D eigenvalue weighted by Gasteiger charge is 2.21. The van der Waals surface area contributed by atoms with Gasteiger partial charge in [-0.15, -0.1) is 0 Å². The van der Waals surface area contributed by atoms with E-state index in [2.05, 4.69) is 15.3 Å². The Hall–Kier alpha value is -1.95. The van der Waals surface area contributed by atoms with Crippen LogP contribution in [0, 0.1) is 6.92 Å². The van der Waals surface area contributed by atoms with Gasteiger partial charge in [0.25, 0.3) is 10.0 Å². The van der Waals surface area contributed by atoms with Crippen molar-refractivity contribution in [1.29, 1.82) is 0 Å². The molecule has 0 aliphatic rings. The van der Waals surface area contributed by atoms with E-state index in [0.29, 0.717) is 15.0 Å². The standard InChI is InChI=1S/C15H16ClN5O3S3/c1-9-8-12(26-15(25)21(2)3)18-13(17-9)19-14(22)20-27(23,24)11-7-5-4-6-10(11)16/h4-8H,1-3H3,(H2,17,18,19,20,22). The number of nitrogens with one attached hydrogen (secondary N) is 2. The molecule has 144 valence electrons. The molecule has 0 aliphatic carbocycles. The number of hydrogen-bond acceptors (Lipinski definition) is 7. The third kappa shape index (κ3) is 6.03. The van der Waals surface area contributed by atoms with Crippen molar-refractivity contribution in [2.75, 3.05) is 19.4 Å². The van der Waals surface area contributed by atoms with Gasteiger partial charge in [0.05, 0.1) is 5.02 Å². The summed E-state index contributed by atoms with van der Waals surface area (Å²) in [4.78, 5) is 21.9. The summed E-state index contributed by atoms with van der Waals surface area (Å²) in [6, 6.07) is 6.47. The van der Waals surface area contributed by atoms with E-state index in [1.54, 1.807) is 38.1 Å². The molecular formula is C15H16ClN5O3S3. The summed E-state index contributed by atoms with van der Waals surface area (Å²) in [6.07, 6.45) is 0. The molecule has 12 heteroatoms. The zero-order valence-corrected chi connectivity index (χ0v) is 17.8. The quantitative estimate of drug-likeness (QED) is 0.420. The van der Waals surface area contributed by atoms with Crippen molar-refractivity contribution in [3.8, 4) is 0 Å². The molecule has 0 radical (unpaired) electrons. The first-order chi connectivity index (χ1) is 12.6. The van der Waals surface area contributed by atoms with Crippen molar-refractivity contribution in [3.63, 3.8) is 0 Å². The molecule has 2 amide bonds. The zero-order valence-electron chi connectivity index (χ0n) is 14.6. The summed E-state index contributed by atoms with van der Waals surface area (Å²) in [5.41, 5.74) is 0.582. The third-order valence-electron chi connectivity index (χ3n) is 2.97. The Morgan fingerprint density at radius 3 is 2.56 bits per heavy atom. The molecule has 0 saturated carbocycles. The van der Waals surface area contributed by atoms with Gasteiger partial charge in [-0.2, -0.15) is 0 Å². The van der Waals surface area contributed by atoms with Gasteiger partial charge in [0, 0.05) is 19.8 Å². The molecular weight excluding hydrogens is 430 g/mol. The fourth-order valence-electron chi connectivity index (χ4n) is 1.80. The second-order valence-corrected chi connectivity index (χ2v) is 9.14. The van der Waals surface area contributed by atoms with Crippen molar-refractivity contribution in [3.05, 3.63) is 41.0 Å². The molecule has 2 N–H and O–H groups in total. The molecule has 2 aromatic rings. The maximum absolute atomic E-state index is 12.3. The smallest absolute Gasteiger partial charge is 0.335 e. The molecule has 0 saturated heterocycles. The van der Waals surface area contributed by atoms with Gasteiger partial charge >= 0.3 is 6.03 Å². The van der Waals surface area contributed by atoms with Crippen molar-refractivity contribution in [2.24, 2.45) is 0 Å². The van der Waals surface area contributed by atoms with E-state index >= 15 is 0 Å². The number of aryl methyl sites for hydroxylation is 1. The van der Waals surface area contributed by atoms with Crippen LogP contribution < -0.4 is 10.0 Å². The number of anilines is 1. The molecule has 0 bridgehead atoms. The number of thiocarbonyl (C=S) groups is 1. The number of nitrogens with zero attached hydrogens (tertiary/aromatic N) is 3. The Labute approximate surface area is 171 Å². The highest BCUT2D eigenvalue weighted by atomic mass is 35.5. The Morgan fingerprint density at radius 2 is 1.93 bits per heavy atom. The van der Waals surface area contributed by atoms with Crippen LogP contribution in [0.3, 0.4) is 0 Å². The lowest BCUT2D eigenvalue weighted by molar-refractivity contribution is 0.256. The van der Waals surface area contributed by atoms with Crippen molar-refractivity contribution < 1.29 is 13.2 Å². The van der Waals surface area contributed by atoms with Gasteiger partial charge in [-0.3, -0.25) is 5.32 Å². The largest absolute Gasteiger partial charge is 0.363 e. The highest BCUT2D eigenvalue weighted by molar-refractivity contribution is 8.22. The number of aromatic nitrogens is 2. The minimum Gasteiger partial charge on any atom is -0.363 e. The predicted octanol–water partition coefficient (Wildman–Crippen LogP) is 2.89. The lowest BCUT2D eigenvalue weighted by Crippen LogP contribution is -2.35. The van der Waals surface area contributed by atoms with Crippen LogP contribution in [0.4, 0.5) is 10.7 Å². The monoisotopic (exact) mass is 445 g/mol. The number of rotatable bonds is 4. The highest BCUT2D eigenvalue weighted by Crippen LogP contribution is 2.22. The Kier molecular flexibility index (Phi) is 6.98. The van der Waals surface area contributed by atoms with Crippen molar-refractivity contribution in [2.45, 2.75) is 16.8 Å². The number of urea groups is 1. The Balaban J connectivity index is 2.15. The first-order valence-electron chi connectivity index (χ1n) is 7.41. The van der Waals surface area contributed by atoms with E-state index in [9.17, 15) is 13.2 Å². The van der Waals surface area contributed by atoms with Gasteiger partial charge in [0.15, 0.2) is 0 Å². The summed E-state index contributed by atoms with van der Waals surface area (Å²) >= 11 is 12.3. The average Bonchev–Trinajstić information content (AvgIpc) is 2.53. The van der Waals surface area contributed by atoms with Crippen LogP contribution in [0.25, 0.3) is 0 Å². The number of halogens is 1. The van der Waals surface area contributed by atoms with E-state index in [4.69, 9.17) is 23.8 Å². The van der Waals surface area contributed by atoms with Gasteiger partial charge in [0.2, 0.25) is 5.95 Å². The Morgan fingerprint density at radius 1 is 1.26 bits per heavy atom. The number of sulfonamides is 1. The molecule has 0 fully saturated rings. The molecule has 0 spiro atoms. The maximum atomic E-state index is 12.3. The lowest BCUT2D eigenvalue weighted by atomic mass is 10.4. The molecule has 0 aliphatic heterocycles. The molecule has 0 atom stereocenters. The number of hydrogen-bond donors (Lipinski definition) is 2. The van der Waals surface area contributed by atoms with E-state index < -0.39 is 16.1 Å². The number of carbonyl (C=O) groups excluding carboxylic acids is 1. The molecule has 1 aromatic heterocycles. The van der Waals surface area contributed by atoms with Gasteiger partial charge < -0.3 is 4.90 Å². The maximum Gasteiger partial charge on any atom is 0.335 e. The number of thioether (sulfide) groups is 1. The van der Waals surface area contributed by atoms with Gasteiger partial charge in [-0.25, -0.2) is 27.9 Å². The minimum atomic E-state index is -4.14. The molecule has 1 heterocycles. The van der Waals surface area contributed by atoms with E-state index in [1.165, 1.54) is 30.0 Å². The fraction of sp³-hybridized carbons (Fsp3) is 0.200. The van der Waals surface area contributed by atoms with E-state index in [0.717, 1.165) is 0 Å². The predicted molar refractivity (Wildman–Crippen MR) is 110 cm³/mol. The third-order valence-corrected chi connectivity index (χ3v) is 6.37. The first-order valence-corrected chi connectivity index (χ1v) is 10.5. The van der Waals surface area contributed by atoms with Crippen LogP contribution in [0.2, 0.25) is 5.02 Å². The van der Waals surface area contributed by atoms with Gasteiger partial charge in [0.1, 0.15) is 14.2 Å². The second kappa shape index (κ2) is 8.83. The summed E-state index contributed by atoms with van der Waals surface area (Å²) in [5, 5.41) is 2.83. The van der Waals surface area contributed by atoms with Crippen LogP contribution in [0.1, 0.15) is 5.69 Å². The topological polar surface area (TPSA) is 104 Å². The zero-order chi connectivity index (χ0) is 20.2. The second-order valence-electron chi connectivity index (χ2n) is 5.42. The number of benzene rings is 1. The van der Waals surface area contributed by atoms with Gasteiger partial charge in [-0.05, 0) is 36.9 Å². The Bertz CT molecular complexity index is 982. The summed E-state index contributed by atoms with van der Waals surface area (Å²) in [5.74, 6) is -0.0501. The fourth-order valence-corrected chi connectivity index (χ4v) is 4.20. The summed E-state index contributed by atoms with van der Waals surface area (Å²) in [7, 11) is -0.541. The molecule has 1 aromatic carbocycles. The SMILES string of the molecule is Cc1cc(SC(=S)N(C)C)nc(NC(=O)NS(=O)(=O)c2ccccc2Cl)n1. The molecule has 27 heavy (non-hydrogen) atoms. The van der Waals surface area contributed by atoms with Crippen LogP contribution in [0.15, 0.2) is 40.3 Å². The normalized spacial score (nSPS) is 11.0. The van der Waals surface area contributed by atoms with Crippen LogP contribution in [-0.4, -0.2) is 47.7 Å². The van der Waals surface area contributed by atoms with E-state index in [-0.39, 0.29) is 15.9 Å². The van der Waals surface area contributed by atoms with Crippen molar-refractivity contribution in [1.82, 2.24) is 19.6 Å². The summed E-state index contributed by atoms with van der Waals surface area (Å²) < 4.78 is 27.0. The lowest BCUT2D eigenvalue weighted by Gasteiger charge is -2.13. The molecule has 8 nitrogen and oxygen atoms in total. The minimum absolute atomic E-state index is 0.000453. The van der Waals surface area contributed by atoms with Crippen LogP contribution in [-0.2, 0) is 10.0 Å². The number of amides is 2. The van der Waals surface area contributed by atoms with Crippen LogP contribution in [0.5, 0.6) is 0 Å². The summed E-state index contributed by atoms with van der Waals surface area (Å²) in [6.45, 7) is 1.72. The molecule has 2 rings (SSSR count). The first kappa shape index (κ1) is 21.4. The van der Waals surface area contributed by atoms with Crippen molar-refractivity contribution >= 4 is 61.9 Å². The van der Waals surface area contributed by atoms with E-state index in [1.807, 2.05) is 4.72 Å². The number of carbonyl (C=O) groups is 1. The van der Waals surface area contributed by atoms with Crippen LogP contribution >= 0.6 is 35.6 Å². The average molecular weight is 446 g/mol. The molecule has 0 unspecified atom stereocenters. The van der Waals surface area contributed by atoms with Gasteiger partial charge in [-0.1, -0.05) is 36.0 Å².